The number of carbonyl (C=O) groups excluding carboxylic acids is 1. The van der Waals surface area contributed by atoms with Gasteiger partial charge < -0.3 is 14.8 Å². The third-order valence-electron chi connectivity index (χ3n) is 3.55. The summed E-state index contributed by atoms with van der Waals surface area (Å²) >= 11 is 0. The Bertz CT molecular complexity index is 742. The monoisotopic (exact) mass is 353 g/mol. The van der Waals surface area contributed by atoms with Crippen molar-refractivity contribution in [2.24, 2.45) is 0 Å². The van der Waals surface area contributed by atoms with Crippen molar-refractivity contribution >= 4 is 11.6 Å². The highest BCUT2D eigenvalue weighted by atomic mass is 19.4. The molecule has 134 valence electrons. The Balaban J connectivity index is 2.05. The summed E-state index contributed by atoms with van der Waals surface area (Å²) in [6.45, 7) is 2.88. The highest BCUT2D eigenvalue weighted by Gasteiger charge is 2.32. The van der Waals surface area contributed by atoms with Gasteiger partial charge in [0.1, 0.15) is 11.5 Å². The SMILES string of the molecule is COc1ccc(OC(C)C(=O)Nc2ccc(C)c(C(F)(F)F)c2)cc1. The van der Waals surface area contributed by atoms with Crippen molar-refractivity contribution in [3.05, 3.63) is 53.6 Å². The van der Waals surface area contributed by atoms with Gasteiger partial charge in [0, 0.05) is 5.69 Å². The summed E-state index contributed by atoms with van der Waals surface area (Å²) in [6.07, 6.45) is -5.36. The van der Waals surface area contributed by atoms with Crippen molar-refractivity contribution in [3.63, 3.8) is 0 Å². The van der Waals surface area contributed by atoms with E-state index in [-0.39, 0.29) is 11.3 Å². The summed E-state index contributed by atoms with van der Waals surface area (Å²) in [5.74, 6) is 0.542. The minimum Gasteiger partial charge on any atom is -0.497 e. The third kappa shape index (κ3) is 4.89. The van der Waals surface area contributed by atoms with E-state index in [9.17, 15) is 18.0 Å². The lowest BCUT2D eigenvalue weighted by Crippen LogP contribution is -2.30. The maximum absolute atomic E-state index is 12.9. The van der Waals surface area contributed by atoms with Crippen LogP contribution in [0.1, 0.15) is 18.1 Å². The molecule has 0 aliphatic rings. The summed E-state index contributed by atoms with van der Waals surface area (Å²) in [6, 6.07) is 10.3. The van der Waals surface area contributed by atoms with Gasteiger partial charge in [-0.05, 0) is 55.8 Å². The van der Waals surface area contributed by atoms with Crippen LogP contribution in [0.3, 0.4) is 0 Å². The fraction of sp³-hybridized carbons (Fsp3) is 0.278. The smallest absolute Gasteiger partial charge is 0.416 e. The summed E-state index contributed by atoms with van der Waals surface area (Å²) in [4.78, 5) is 12.1. The predicted octanol–water partition coefficient (Wildman–Crippen LogP) is 4.43. The van der Waals surface area contributed by atoms with Crippen molar-refractivity contribution < 1.29 is 27.4 Å². The molecule has 0 aliphatic heterocycles. The van der Waals surface area contributed by atoms with Gasteiger partial charge in [-0.3, -0.25) is 4.79 Å². The van der Waals surface area contributed by atoms with E-state index in [1.54, 1.807) is 24.3 Å². The molecule has 0 aromatic heterocycles. The normalized spacial score (nSPS) is 12.4. The summed E-state index contributed by atoms with van der Waals surface area (Å²) in [5.41, 5.74) is -0.629. The van der Waals surface area contributed by atoms with Crippen molar-refractivity contribution in [3.8, 4) is 11.5 Å². The molecule has 1 atom stereocenters. The largest absolute Gasteiger partial charge is 0.497 e. The minimum absolute atomic E-state index is 0.0631. The molecule has 0 bridgehead atoms. The molecule has 4 nitrogen and oxygen atoms in total. The zero-order valence-electron chi connectivity index (χ0n) is 14.0. The lowest BCUT2D eigenvalue weighted by molar-refractivity contribution is -0.138. The average molecular weight is 353 g/mol. The molecule has 1 amide bonds. The first-order valence-electron chi connectivity index (χ1n) is 7.50. The van der Waals surface area contributed by atoms with Crippen LogP contribution < -0.4 is 14.8 Å². The zero-order valence-corrected chi connectivity index (χ0v) is 14.0. The Hall–Kier alpha value is -2.70. The van der Waals surface area contributed by atoms with Crippen LogP contribution in [0.4, 0.5) is 18.9 Å². The summed E-state index contributed by atoms with van der Waals surface area (Å²) < 4.78 is 49.3. The van der Waals surface area contributed by atoms with Gasteiger partial charge in [0.15, 0.2) is 6.10 Å². The number of rotatable bonds is 5. The van der Waals surface area contributed by atoms with Crippen LogP contribution in [0.25, 0.3) is 0 Å². The number of carbonyl (C=O) groups is 1. The molecule has 7 heteroatoms. The number of amides is 1. The number of hydrogen-bond donors (Lipinski definition) is 1. The summed E-state index contributed by atoms with van der Waals surface area (Å²) in [7, 11) is 1.53. The standard InChI is InChI=1S/C18H18F3NO3/c1-11-4-5-13(10-16(11)18(19,20)21)22-17(23)12(2)25-15-8-6-14(24-3)7-9-15/h4-10,12H,1-3H3,(H,22,23). The Kier molecular flexibility index (Phi) is 5.56. The Labute approximate surface area is 143 Å². The average Bonchev–Trinajstić information content (AvgIpc) is 2.56. The van der Waals surface area contributed by atoms with E-state index in [4.69, 9.17) is 9.47 Å². The minimum atomic E-state index is -4.48. The second kappa shape index (κ2) is 7.46. The Morgan fingerprint density at radius 2 is 1.68 bits per heavy atom. The van der Waals surface area contributed by atoms with Gasteiger partial charge in [0.2, 0.25) is 0 Å². The number of ether oxygens (including phenoxy) is 2. The van der Waals surface area contributed by atoms with Crippen LogP contribution in [-0.4, -0.2) is 19.1 Å². The van der Waals surface area contributed by atoms with Gasteiger partial charge in [-0.15, -0.1) is 0 Å². The number of nitrogens with one attached hydrogen (secondary N) is 1. The maximum Gasteiger partial charge on any atom is 0.416 e. The quantitative estimate of drug-likeness (QED) is 0.865. The number of halogens is 3. The molecule has 0 saturated carbocycles. The fourth-order valence-electron chi connectivity index (χ4n) is 2.16. The van der Waals surface area contributed by atoms with E-state index in [1.807, 2.05) is 0 Å². The predicted molar refractivity (Wildman–Crippen MR) is 87.9 cm³/mol. The van der Waals surface area contributed by atoms with E-state index < -0.39 is 23.8 Å². The highest BCUT2D eigenvalue weighted by Crippen LogP contribution is 2.33. The van der Waals surface area contributed by atoms with Crippen LogP contribution >= 0.6 is 0 Å². The first-order valence-corrected chi connectivity index (χ1v) is 7.50. The number of anilines is 1. The van der Waals surface area contributed by atoms with Crippen molar-refractivity contribution in [2.75, 3.05) is 12.4 Å². The van der Waals surface area contributed by atoms with Gasteiger partial charge in [-0.25, -0.2) is 0 Å². The molecule has 0 aliphatic carbocycles. The van der Waals surface area contributed by atoms with E-state index in [2.05, 4.69) is 5.32 Å². The molecule has 0 heterocycles. The number of aryl methyl sites for hydroxylation is 1. The van der Waals surface area contributed by atoms with Crippen LogP contribution in [0.2, 0.25) is 0 Å². The second-order valence-electron chi connectivity index (χ2n) is 5.45. The van der Waals surface area contributed by atoms with Crippen LogP contribution in [0.15, 0.2) is 42.5 Å². The van der Waals surface area contributed by atoms with Crippen molar-refractivity contribution in [1.82, 2.24) is 0 Å². The molecule has 2 aromatic carbocycles. The van der Waals surface area contributed by atoms with Gasteiger partial charge in [0.25, 0.3) is 5.91 Å². The third-order valence-corrected chi connectivity index (χ3v) is 3.55. The van der Waals surface area contributed by atoms with Crippen LogP contribution in [-0.2, 0) is 11.0 Å². The molecular weight excluding hydrogens is 335 g/mol. The van der Waals surface area contributed by atoms with E-state index in [0.717, 1.165) is 6.07 Å². The second-order valence-corrected chi connectivity index (χ2v) is 5.45. The number of hydrogen-bond acceptors (Lipinski definition) is 3. The van der Waals surface area contributed by atoms with E-state index in [1.165, 1.54) is 33.1 Å². The van der Waals surface area contributed by atoms with Crippen molar-refractivity contribution in [1.29, 1.82) is 0 Å². The molecular formula is C18H18F3NO3. The summed E-state index contributed by atoms with van der Waals surface area (Å²) in [5, 5.41) is 2.44. The Morgan fingerprint density at radius 1 is 1.08 bits per heavy atom. The molecule has 2 rings (SSSR count). The molecule has 0 saturated heterocycles. The molecule has 0 spiro atoms. The van der Waals surface area contributed by atoms with Crippen LogP contribution in [0, 0.1) is 6.92 Å². The molecule has 0 fully saturated rings. The topological polar surface area (TPSA) is 47.6 Å². The molecule has 25 heavy (non-hydrogen) atoms. The van der Waals surface area contributed by atoms with Gasteiger partial charge in [-0.2, -0.15) is 13.2 Å². The fourth-order valence-corrected chi connectivity index (χ4v) is 2.16. The van der Waals surface area contributed by atoms with Crippen molar-refractivity contribution in [2.45, 2.75) is 26.1 Å². The maximum atomic E-state index is 12.9. The van der Waals surface area contributed by atoms with Crippen LogP contribution in [0.5, 0.6) is 11.5 Å². The first kappa shape index (κ1) is 18.6. The number of methoxy groups -OCH3 is 1. The number of benzene rings is 2. The van der Waals surface area contributed by atoms with Gasteiger partial charge in [-0.1, -0.05) is 6.07 Å². The first-order chi connectivity index (χ1) is 11.7. The lowest BCUT2D eigenvalue weighted by Gasteiger charge is -2.16. The highest BCUT2D eigenvalue weighted by molar-refractivity contribution is 5.94. The van der Waals surface area contributed by atoms with E-state index >= 15 is 0 Å². The lowest BCUT2D eigenvalue weighted by atomic mass is 10.1. The van der Waals surface area contributed by atoms with E-state index in [0.29, 0.717) is 11.5 Å². The molecule has 1 unspecified atom stereocenters. The molecule has 0 radical (unpaired) electrons. The number of alkyl halides is 3. The molecule has 2 aromatic rings. The van der Waals surface area contributed by atoms with Gasteiger partial charge >= 0.3 is 6.18 Å². The molecule has 1 N–H and O–H groups in total. The zero-order chi connectivity index (χ0) is 18.6. The van der Waals surface area contributed by atoms with Gasteiger partial charge in [0.05, 0.1) is 12.7 Å². The Morgan fingerprint density at radius 3 is 2.24 bits per heavy atom.